The summed E-state index contributed by atoms with van der Waals surface area (Å²) in [5.41, 5.74) is 6.76. The molecule has 0 bridgehead atoms. The molecule has 1 aliphatic rings. The lowest BCUT2D eigenvalue weighted by Crippen LogP contribution is -2.39. The average Bonchev–Trinajstić information content (AvgIpc) is 3.00. The Labute approximate surface area is 129 Å². The maximum Gasteiger partial charge on any atom is 0.254 e. The molecule has 0 aromatic heterocycles. The number of rotatable bonds is 4. The van der Waals surface area contributed by atoms with Crippen LogP contribution in [0.4, 0.5) is 0 Å². The Morgan fingerprint density at radius 1 is 1.19 bits per heavy atom. The van der Waals surface area contributed by atoms with Gasteiger partial charge in [0.25, 0.3) is 5.91 Å². The van der Waals surface area contributed by atoms with E-state index in [0.717, 1.165) is 31.5 Å². The Morgan fingerprint density at radius 3 is 2.24 bits per heavy atom. The molecule has 0 atom stereocenters. The Hall–Kier alpha value is -1.95. The summed E-state index contributed by atoms with van der Waals surface area (Å²) < 4.78 is 0. The molecule has 2 amide bonds. The molecule has 1 aliphatic heterocycles. The van der Waals surface area contributed by atoms with Gasteiger partial charge in [0, 0.05) is 31.3 Å². The fourth-order valence-corrected chi connectivity index (χ4v) is 2.47. The van der Waals surface area contributed by atoms with Crippen molar-refractivity contribution in [1.82, 2.24) is 9.80 Å². The Morgan fingerprint density at radius 2 is 1.71 bits per heavy atom. The van der Waals surface area contributed by atoms with Crippen LogP contribution < -0.4 is 5.73 Å². The quantitative estimate of drug-likeness (QED) is 0.843. The first-order valence-corrected chi connectivity index (χ1v) is 7.33. The summed E-state index contributed by atoms with van der Waals surface area (Å²) in [6, 6.07) is 6.78. The lowest BCUT2D eigenvalue weighted by molar-refractivity contribution is -0.130. The molecule has 112 valence electrons. The van der Waals surface area contributed by atoms with E-state index in [2.05, 4.69) is 0 Å². The van der Waals surface area contributed by atoms with Gasteiger partial charge in [0.1, 0.15) is 4.99 Å². The second kappa shape index (κ2) is 6.67. The van der Waals surface area contributed by atoms with Gasteiger partial charge in [0.15, 0.2) is 0 Å². The highest BCUT2D eigenvalue weighted by molar-refractivity contribution is 7.80. The van der Waals surface area contributed by atoms with Gasteiger partial charge in [0.05, 0.1) is 6.54 Å². The molecule has 1 heterocycles. The number of nitrogens with two attached hydrogens (primary N) is 1. The van der Waals surface area contributed by atoms with E-state index in [1.165, 1.54) is 4.90 Å². The number of amides is 2. The van der Waals surface area contributed by atoms with Gasteiger partial charge in [0.2, 0.25) is 5.91 Å². The highest BCUT2D eigenvalue weighted by Crippen LogP contribution is 2.10. The Kier molecular flexibility index (Phi) is 4.90. The van der Waals surface area contributed by atoms with E-state index in [4.69, 9.17) is 18.0 Å². The molecule has 1 saturated heterocycles. The van der Waals surface area contributed by atoms with E-state index < -0.39 is 0 Å². The zero-order valence-corrected chi connectivity index (χ0v) is 12.9. The SMILES string of the molecule is CN(CC(=O)N1CCCC1)C(=O)c1ccc(C(N)=S)cc1. The number of thiocarbonyl (C=S) groups is 1. The third-order valence-electron chi connectivity index (χ3n) is 3.59. The van der Waals surface area contributed by atoms with Crippen LogP contribution in [-0.2, 0) is 4.79 Å². The van der Waals surface area contributed by atoms with Gasteiger partial charge in [-0.1, -0.05) is 24.4 Å². The number of nitrogens with zero attached hydrogens (tertiary/aromatic N) is 2. The third kappa shape index (κ3) is 3.78. The van der Waals surface area contributed by atoms with E-state index in [1.807, 2.05) is 0 Å². The number of carbonyl (C=O) groups is 2. The minimum absolute atomic E-state index is 0.00288. The summed E-state index contributed by atoms with van der Waals surface area (Å²) in [6.07, 6.45) is 2.09. The summed E-state index contributed by atoms with van der Waals surface area (Å²) in [5.74, 6) is -0.180. The maximum atomic E-state index is 12.3. The molecule has 2 rings (SSSR count). The van der Waals surface area contributed by atoms with E-state index in [1.54, 1.807) is 36.2 Å². The average molecular weight is 305 g/mol. The molecule has 1 aromatic carbocycles. The number of likely N-dealkylation sites (tertiary alicyclic amines) is 1. The third-order valence-corrected chi connectivity index (χ3v) is 3.83. The second-order valence-corrected chi connectivity index (χ2v) is 5.63. The molecular formula is C15H19N3O2S. The molecule has 1 aromatic rings. The second-order valence-electron chi connectivity index (χ2n) is 5.19. The van der Waals surface area contributed by atoms with Gasteiger partial charge in [-0.25, -0.2) is 0 Å². The standard InChI is InChI=1S/C15H19N3O2S/c1-17(10-13(19)18-8-2-3-9-18)15(20)12-6-4-11(5-7-12)14(16)21/h4-7H,2-3,8-10H2,1H3,(H2,16,21). The van der Waals surface area contributed by atoms with Gasteiger partial charge in [-0.15, -0.1) is 0 Å². The van der Waals surface area contributed by atoms with E-state index >= 15 is 0 Å². The van der Waals surface area contributed by atoms with E-state index in [-0.39, 0.29) is 18.4 Å². The van der Waals surface area contributed by atoms with Crippen LogP contribution >= 0.6 is 12.2 Å². The van der Waals surface area contributed by atoms with Crippen molar-refractivity contribution in [1.29, 1.82) is 0 Å². The van der Waals surface area contributed by atoms with Crippen molar-refractivity contribution in [2.24, 2.45) is 5.73 Å². The van der Waals surface area contributed by atoms with Crippen molar-refractivity contribution in [3.05, 3.63) is 35.4 Å². The molecular weight excluding hydrogens is 286 g/mol. The molecule has 1 fully saturated rings. The molecule has 2 N–H and O–H groups in total. The van der Waals surface area contributed by atoms with Crippen LogP contribution in [0.1, 0.15) is 28.8 Å². The minimum atomic E-state index is -0.183. The summed E-state index contributed by atoms with van der Waals surface area (Å²) >= 11 is 4.87. The number of hydrogen-bond acceptors (Lipinski definition) is 3. The normalized spacial score (nSPS) is 14.0. The molecule has 0 saturated carbocycles. The minimum Gasteiger partial charge on any atom is -0.389 e. The van der Waals surface area contributed by atoms with Crippen molar-refractivity contribution in [2.75, 3.05) is 26.7 Å². The van der Waals surface area contributed by atoms with Crippen LogP contribution in [0.2, 0.25) is 0 Å². The van der Waals surface area contributed by atoms with Gasteiger partial charge < -0.3 is 15.5 Å². The predicted molar refractivity (Wildman–Crippen MR) is 85.1 cm³/mol. The molecule has 21 heavy (non-hydrogen) atoms. The Balaban J connectivity index is 1.98. The molecule has 0 aliphatic carbocycles. The highest BCUT2D eigenvalue weighted by atomic mass is 32.1. The smallest absolute Gasteiger partial charge is 0.254 e. The van der Waals surface area contributed by atoms with Crippen molar-refractivity contribution >= 4 is 29.0 Å². The summed E-state index contributed by atoms with van der Waals surface area (Å²) in [4.78, 5) is 27.8. The van der Waals surface area contributed by atoms with Crippen molar-refractivity contribution in [3.8, 4) is 0 Å². The zero-order chi connectivity index (χ0) is 15.4. The largest absolute Gasteiger partial charge is 0.389 e. The lowest BCUT2D eigenvalue weighted by Gasteiger charge is -2.21. The van der Waals surface area contributed by atoms with E-state index in [9.17, 15) is 9.59 Å². The fourth-order valence-electron chi connectivity index (χ4n) is 2.34. The van der Waals surface area contributed by atoms with Gasteiger partial charge in [-0.2, -0.15) is 0 Å². The van der Waals surface area contributed by atoms with Crippen LogP contribution in [0, 0.1) is 0 Å². The van der Waals surface area contributed by atoms with Crippen LogP contribution in [0.5, 0.6) is 0 Å². The Bertz CT molecular complexity index is 551. The lowest BCUT2D eigenvalue weighted by atomic mass is 10.1. The van der Waals surface area contributed by atoms with Gasteiger partial charge in [-0.3, -0.25) is 9.59 Å². The zero-order valence-electron chi connectivity index (χ0n) is 12.0. The highest BCUT2D eigenvalue weighted by Gasteiger charge is 2.21. The van der Waals surface area contributed by atoms with Gasteiger partial charge in [-0.05, 0) is 25.0 Å². The molecule has 0 radical (unpaired) electrons. The van der Waals surface area contributed by atoms with Crippen LogP contribution in [0.3, 0.4) is 0 Å². The summed E-state index contributed by atoms with van der Waals surface area (Å²) in [6.45, 7) is 1.70. The number of carbonyl (C=O) groups excluding carboxylic acids is 2. The van der Waals surface area contributed by atoms with Gasteiger partial charge >= 0.3 is 0 Å². The van der Waals surface area contributed by atoms with Crippen molar-refractivity contribution in [2.45, 2.75) is 12.8 Å². The van der Waals surface area contributed by atoms with Crippen LogP contribution in [0.25, 0.3) is 0 Å². The topological polar surface area (TPSA) is 66.6 Å². The van der Waals surface area contributed by atoms with Crippen LogP contribution in [-0.4, -0.2) is 53.3 Å². The van der Waals surface area contributed by atoms with Crippen molar-refractivity contribution in [3.63, 3.8) is 0 Å². The molecule has 6 heteroatoms. The molecule has 0 spiro atoms. The first kappa shape index (κ1) is 15.4. The van der Waals surface area contributed by atoms with E-state index in [0.29, 0.717) is 10.6 Å². The maximum absolute atomic E-state index is 12.3. The summed E-state index contributed by atoms with van der Waals surface area (Å²) in [7, 11) is 1.64. The summed E-state index contributed by atoms with van der Waals surface area (Å²) in [5, 5.41) is 0. The first-order valence-electron chi connectivity index (χ1n) is 6.92. The predicted octanol–water partition coefficient (Wildman–Crippen LogP) is 1.02. The number of benzene rings is 1. The monoisotopic (exact) mass is 305 g/mol. The molecule has 0 unspecified atom stereocenters. The van der Waals surface area contributed by atoms with Crippen LogP contribution in [0.15, 0.2) is 24.3 Å². The number of likely N-dealkylation sites (N-methyl/N-ethyl adjacent to an activating group) is 1. The van der Waals surface area contributed by atoms with Crippen molar-refractivity contribution < 1.29 is 9.59 Å². The fraction of sp³-hybridized carbons (Fsp3) is 0.400. The molecule has 5 nitrogen and oxygen atoms in total. The first-order chi connectivity index (χ1) is 9.99. The number of hydrogen-bond donors (Lipinski definition) is 1.